The average molecular weight is 374 g/mol. The lowest BCUT2D eigenvalue weighted by Gasteiger charge is -2.30. The summed E-state index contributed by atoms with van der Waals surface area (Å²) in [6.45, 7) is 8.63. The van der Waals surface area contributed by atoms with Crippen molar-refractivity contribution < 1.29 is 0 Å². The number of rotatable bonds is 5. The van der Waals surface area contributed by atoms with Gasteiger partial charge >= 0.3 is 0 Å². The Hall–Kier alpha value is -3.20. The second kappa shape index (κ2) is 8.66. The first-order valence-electron chi connectivity index (χ1n) is 9.53. The van der Waals surface area contributed by atoms with Crippen LogP contribution in [0.15, 0.2) is 35.7 Å². The quantitative estimate of drug-likeness (QED) is 0.811. The molecule has 3 rings (SSSR count). The Bertz CT molecular complexity index is 952. The molecule has 0 saturated heterocycles. The van der Waals surface area contributed by atoms with Crippen LogP contribution >= 0.6 is 0 Å². The summed E-state index contributed by atoms with van der Waals surface area (Å²) >= 11 is 0. The van der Waals surface area contributed by atoms with Crippen LogP contribution < -0.4 is 10.6 Å². The van der Waals surface area contributed by atoms with E-state index in [9.17, 15) is 0 Å². The minimum atomic E-state index is 0.508. The number of nitrogens with two attached hydrogens (primary N) is 1. The molecule has 28 heavy (non-hydrogen) atoms. The molecule has 0 unspecified atom stereocenters. The second-order valence-electron chi connectivity index (χ2n) is 7.49. The van der Waals surface area contributed by atoms with Gasteiger partial charge in [-0.1, -0.05) is 13.8 Å². The van der Waals surface area contributed by atoms with E-state index in [1.165, 1.54) is 5.56 Å². The Morgan fingerprint density at radius 3 is 2.86 bits per heavy atom. The van der Waals surface area contributed by atoms with E-state index in [1.807, 2.05) is 25.4 Å². The minimum Gasteiger partial charge on any atom is -0.404 e. The van der Waals surface area contributed by atoms with Crippen molar-refractivity contribution in [3.8, 4) is 6.07 Å². The summed E-state index contributed by atoms with van der Waals surface area (Å²) in [6.07, 6.45) is 7.78. The first kappa shape index (κ1) is 19.6. The molecule has 6 nitrogen and oxygen atoms in total. The fraction of sp³-hybridized carbons (Fsp3) is 0.364. The SMILES string of the molecule is Cc1cc(C#N)cnc1N1CCc2ncc(/C(C=NCC(C)C)=C/N)cc2C1. The highest BCUT2D eigenvalue weighted by molar-refractivity contribution is 6.09. The third kappa shape index (κ3) is 4.37. The molecule has 2 aromatic rings. The van der Waals surface area contributed by atoms with Crippen LogP contribution in [-0.2, 0) is 13.0 Å². The number of aliphatic imine (C=N–C) groups is 1. The third-order valence-electron chi connectivity index (χ3n) is 4.73. The molecule has 3 heterocycles. The number of aryl methyl sites for hydroxylation is 1. The maximum Gasteiger partial charge on any atom is 0.131 e. The standard InChI is InChI=1S/C22H26N6/c1-15(2)10-25-12-20(9-24)18-7-19-14-28(5-4-21(19)26-13-18)22-16(3)6-17(8-23)11-27-22/h6-7,9,11-13,15H,4-5,10,14,24H2,1-3H3/b20-9+,25-12?. The molecule has 1 aliphatic heterocycles. The van der Waals surface area contributed by atoms with E-state index in [-0.39, 0.29) is 0 Å². The predicted octanol–water partition coefficient (Wildman–Crippen LogP) is 3.25. The van der Waals surface area contributed by atoms with Crippen molar-refractivity contribution in [2.75, 3.05) is 18.0 Å². The summed E-state index contributed by atoms with van der Waals surface area (Å²) in [4.78, 5) is 15.9. The molecule has 1 aliphatic rings. The van der Waals surface area contributed by atoms with Crippen LogP contribution in [0.1, 0.15) is 41.8 Å². The van der Waals surface area contributed by atoms with Crippen LogP contribution in [0.25, 0.3) is 5.57 Å². The van der Waals surface area contributed by atoms with Gasteiger partial charge in [0.05, 0.1) is 5.56 Å². The molecule has 0 saturated carbocycles. The number of aromatic nitrogens is 2. The molecule has 2 N–H and O–H groups in total. The smallest absolute Gasteiger partial charge is 0.131 e. The molecule has 144 valence electrons. The number of nitrogens with zero attached hydrogens (tertiary/aromatic N) is 5. The summed E-state index contributed by atoms with van der Waals surface area (Å²) in [5.74, 6) is 1.43. The van der Waals surface area contributed by atoms with Crippen LogP contribution in [-0.4, -0.2) is 29.3 Å². The number of anilines is 1. The fourth-order valence-electron chi connectivity index (χ4n) is 3.30. The first-order chi connectivity index (χ1) is 13.5. The van der Waals surface area contributed by atoms with Crippen LogP contribution in [0.5, 0.6) is 0 Å². The minimum absolute atomic E-state index is 0.508. The lowest BCUT2D eigenvalue weighted by molar-refractivity contribution is 0.667. The van der Waals surface area contributed by atoms with E-state index in [2.05, 4.69) is 45.8 Å². The van der Waals surface area contributed by atoms with Crippen molar-refractivity contribution in [3.05, 3.63) is 58.7 Å². The summed E-state index contributed by atoms with van der Waals surface area (Å²) in [6, 6.07) is 6.17. The maximum atomic E-state index is 9.05. The van der Waals surface area contributed by atoms with Crippen LogP contribution in [0, 0.1) is 24.2 Å². The predicted molar refractivity (Wildman–Crippen MR) is 113 cm³/mol. The molecule has 0 atom stereocenters. The van der Waals surface area contributed by atoms with Crippen molar-refractivity contribution in [3.63, 3.8) is 0 Å². The van der Waals surface area contributed by atoms with Gasteiger partial charge in [-0.15, -0.1) is 0 Å². The molecule has 0 bridgehead atoms. The molecular formula is C22H26N6. The fourth-order valence-corrected chi connectivity index (χ4v) is 3.30. The molecule has 6 heteroatoms. The van der Waals surface area contributed by atoms with E-state index in [1.54, 1.807) is 12.4 Å². The Balaban J connectivity index is 1.84. The zero-order valence-electron chi connectivity index (χ0n) is 16.7. The third-order valence-corrected chi connectivity index (χ3v) is 4.73. The van der Waals surface area contributed by atoms with Gasteiger partial charge in [0.2, 0.25) is 0 Å². The van der Waals surface area contributed by atoms with Gasteiger partial charge in [0.25, 0.3) is 0 Å². The molecular weight excluding hydrogens is 348 g/mol. The van der Waals surface area contributed by atoms with Gasteiger partial charge in [0.15, 0.2) is 0 Å². The molecule has 0 aromatic carbocycles. The second-order valence-corrected chi connectivity index (χ2v) is 7.49. The van der Waals surface area contributed by atoms with Gasteiger partial charge < -0.3 is 10.6 Å². The van der Waals surface area contributed by atoms with Gasteiger partial charge in [0.1, 0.15) is 11.9 Å². The van der Waals surface area contributed by atoms with Crippen molar-refractivity contribution >= 4 is 17.6 Å². The highest BCUT2D eigenvalue weighted by atomic mass is 15.2. The molecule has 0 amide bonds. The maximum absolute atomic E-state index is 9.05. The highest BCUT2D eigenvalue weighted by Crippen LogP contribution is 2.26. The van der Waals surface area contributed by atoms with Crippen molar-refractivity contribution in [1.29, 1.82) is 5.26 Å². The van der Waals surface area contributed by atoms with E-state index in [0.717, 1.165) is 54.3 Å². The Kier molecular flexibility index (Phi) is 6.05. The monoisotopic (exact) mass is 374 g/mol. The van der Waals surface area contributed by atoms with E-state index in [4.69, 9.17) is 11.0 Å². The number of allylic oxidation sites excluding steroid dienone is 1. The van der Waals surface area contributed by atoms with Gasteiger partial charge in [-0.05, 0) is 36.1 Å². The van der Waals surface area contributed by atoms with E-state index < -0.39 is 0 Å². The molecule has 0 fully saturated rings. The normalized spacial score (nSPS) is 14.4. The van der Waals surface area contributed by atoms with Crippen LogP contribution in [0.2, 0.25) is 0 Å². The van der Waals surface area contributed by atoms with Crippen molar-refractivity contribution in [2.24, 2.45) is 16.6 Å². The number of pyridine rings is 2. The zero-order valence-corrected chi connectivity index (χ0v) is 16.7. The average Bonchev–Trinajstić information content (AvgIpc) is 2.70. The zero-order chi connectivity index (χ0) is 20.1. The molecule has 0 spiro atoms. The Labute approximate surface area is 166 Å². The molecule has 2 aromatic heterocycles. The number of fused-ring (bicyclic) bond motifs is 1. The summed E-state index contributed by atoms with van der Waals surface area (Å²) in [5.41, 5.74) is 11.6. The van der Waals surface area contributed by atoms with Crippen LogP contribution in [0.3, 0.4) is 0 Å². The molecule has 0 radical (unpaired) electrons. The first-order valence-corrected chi connectivity index (χ1v) is 9.53. The Morgan fingerprint density at radius 2 is 2.18 bits per heavy atom. The number of hydrogen-bond acceptors (Lipinski definition) is 6. The largest absolute Gasteiger partial charge is 0.404 e. The van der Waals surface area contributed by atoms with Crippen molar-refractivity contribution in [2.45, 2.75) is 33.7 Å². The topological polar surface area (TPSA) is 91.2 Å². The Morgan fingerprint density at radius 1 is 1.36 bits per heavy atom. The van der Waals surface area contributed by atoms with Gasteiger partial charge in [-0.3, -0.25) is 9.98 Å². The van der Waals surface area contributed by atoms with Gasteiger partial charge in [-0.25, -0.2) is 4.98 Å². The number of nitriles is 1. The lowest BCUT2D eigenvalue weighted by atomic mass is 10.0. The van der Waals surface area contributed by atoms with Gasteiger partial charge in [-0.2, -0.15) is 5.26 Å². The summed E-state index contributed by atoms with van der Waals surface area (Å²) in [5, 5.41) is 9.05. The highest BCUT2D eigenvalue weighted by Gasteiger charge is 2.20. The molecule has 0 aliphatic carbocycles. The summed E-state index contributed by atoms with van der Waals surface area (Å²) in [7, 11) is 0. The number of hydrogen-bond donors (Lipinski definition) is 1. The van der Waals surface area contributed by atoms with Crippen LogP contribution in [0.4, 0.5) is 5.82 Å². The van der Waals surface area contributed by atoms with Gasteiger partial charge in [0, 0.05) is 67.7 Å². The van der Waals surface area contributed by atoms with Crippen molar-refractivity contribution in [1.82, 2.24) is 9.97 Å². The lowest BCUT2D eigenvalue weighted by Crippen LogP contribution is -2.32. The van der Waals surface area contributed by atoms with E-state index in [0.29, 0.717) is 11.5 Å². The van der Waals surface area contributed by atoms with E-state index >= 15 is 0 Å². The summed E-state index contributed by atoms with van der Waals surface area (Å²) < 4.78 is 0.